The van der Waals surface area contributed by atoms with E-state index in [-0.39, 0.29) is 11.9 Å². The van der Waals surface area contributed by atoms with E-state index < -0.39 is 0 Å². The van der Waals surface area contributed by atoms with Crippen molar-refractivity contribution in [2.45, 2.75) is 31.7 Å². The number of nitrogens with zero attached hydrogens (tertiary/aromatic N) is 3. The van der Waals surface area contributed by atoms with E-state index in [4.69, 9.17) is 4.42 Å². The van der Waals surface area contributed by atoms with Crippen LogP contribution in [0.25, 0.3) is 11.1 Å². The van der Waals surface area contributed by atoms with Gasteiger partial charge in [0.15, 0.2) is 11.5 Å². The fraction of sp³-hybridized carbons (Fsp3) is 0.240. The number of aromatic nitrogens is 2. The lowest BCUT2D eigenvalue weighted by Gasteiger charge is -2.36. The number of rotatable bonds is 4. The molecule has 0 spiro atoms. The van der Waals surface area contributed by atoms with Crippen LogP contribution >= 0.6 is 0 Å². The first-order chi connectivity index (χ1) is 14.8. The Balaban J connectivity index is 1.41. The summed E-state index contributed by atoms with van der Waals surface area (Å²) < 4.78 is 5.90. The molecule has 0 saturated carbocycles. The number of amides is 1. The Bertz CT molecular complexity index is 1150. The molecule has 4 aromatic rings. The van der Waals surface area contributed by atoms with Gasteiger partial charge in [-0.05, 0) is 54.7 Å². The monoisotopic (exact) mass is 397 g/mol. The van der Waals surface area contributed by atoms with Crippen molar-refractivity contribution in [3.05, 3.63) is 95.6 Å². The molecule has 150 valence electrons. The number of likely N-dealkylation sites (tertiary alicyclic amines) is 1. The van der Waals surface area contributed by atoms with E-state index in [1.165, 1.54) is 0 Å². The highest BCUT2D eigenvalue weighted by Gasteiger charge is 2.29. The first kappa shape index (κ1) is 18.6. The molecular formula is C25H23N3O2. The van der Waals surface area contributed by atoms with E-state index >= 15 is 0 Å². The van der Waals surface area contributed by atoms with E-state index in [0.717, 1.165) is 42.5 Å². The molecule has 1 fully saturated rings. The average Bonchev–Trinajstić information content (AvgIpc) is 3.21. The maximum atomic E-state index is 13.4. The maximum absolute atomic E-state index is 13.4. The van der Waals surface area contributed by atoms with Crippen LogP contribution < -0.4 is 0 Å². The smallest absolute Gasteiger partial charge is 0.254 e. The molecule has 5 heteroatoms. The van der Waals surface area contributed by atoms with Gasteiger partial charge in [0.25, 0.3) is 5.91 Å². The van der Waals surface area contributed by atoms with E-state index in [2.05, 4.69) is 28.2 Å². The van der Waals surface area contributed by atoms with Gasteiger partial charge in [-0.25, -0.2) is 4.98 Å². The van der Waals surface area contributed by atoms with Crippen molar-refractivity contribution in [1.29, 1.82) is 0 Å². The molecule has 0 bridgehead atoms. The summed E-state index contributed by atoms with van der Waals surface area (Å²) in [5.74, 6) is 0.699. The Labute approximate surface area is 175 Å². The van der Waals surface area contributed by atoms with Crippen molar-refractivity contribution >= 4 is 17.0 Å². The standard InChI is InChI=1S/C25H23N3O2/c29-25(28-14-5-4-10-22(28)20-9-6-13-26-17-20)19-11-12-23-21(16-19)27-24(30-23)15-18-7-2-1-3-8-18/h1-3,6-9,11-13,16-17,22H,4-5,10,14-15H2. The molecule has 0 aliphatic carbocycles. The maximum Gasteiger partial charge on any atom is 0.254 e. The number of fused-ring (bicyclic) bond motifs is 1. The molecule has 1 aliphatic rings. The Morgan fingerprint density at radius 3 is 2.80 bits per heavy atom. The molecule has 1 unspecified atom stereocenters. The normalized spacial score (nSPS) is 16.7. The van der Waals surface area contributed by atoms with Crippen molar-refractivity contribution in [2.75, 3.05) is 6.54 Å². The van der Waals surface area contributed by atoms with Gasteiger partial charge >= 0.3 is 0 Å². The molecule has 5 nitrogen and oxygen atoms in total. The van der Waals surface area contributed by atoms with Crippen molar-refractivity contribution in [1.82, 2.24) is 14.9 Å². The minimum atomic E-state index is 0.0399. The van der Waals surface area contributed by atoms with E-state index in [1.54, 1.807) is 6.20 Å². The molecule has 0 N–H and O–H groups in total. The fourth-order valence-electron chi connectivity index (χ4n) is 4.21. The predicted molar refractivity (Wildman–Crippen MR) is 115 cm³/mol. The number of benzene rings is 2. The molecule has 1 aliphatic heterocycles. The SMILES string of the molecule is O=C(c1ccc2oc(Cc3ccccc3)nc2c1)N1CCCCC1c1cccnc1. The van der Waals surface area contributed by atoms with Gasteiger partial charge in [0, 0.05) is 30.9 Å². The summed E-state index contributed by atoms with van der Waals surface area (Å²) in [5.41, 5.74) is 4.32. The van der Waals surface area contributed by atoms with Crippen molar-refractivity contribution in [3.8, 4) is 0 Å². The summed E-state index contributed by atoms with van der Waals surface area (Å²) >= 11 is 0. The second-order valence-electron chi connectivity index (χ2n) is 7.75. The minimum absolute atomic E-state index is 0.0399. The first-order valence-electron chi connectivity index (χ1n) is 10.4. The Hall–Kier alpha value is -3.47. The van der Waals surface area contributed by atoms with Gasteiger partial charge in [0.1, 0.15) is 5.52 Å². The van der Waals surface area contributed by atoms with Crippen LogP contribution in [0.15, 0.2) is 77.5 Å². The highest BCUT2D eigenvalue weighted by Crippen LogP contribution is 2.32. The summed E-state index contributed by atoms with van der Waals surface area (Å²) in [7, 11) is 0. The number of carbonyl (C=O) groups is 1. The van der Waals surface area contributed by atoms with E-state index in [0.29, 0.717) is 23.5 Å². The zero-order valence-corrected chi connectivity index (χ0v) is 16.7. The molecule has 1 atom stereocenters. The number of hydrogen-bond acceptors (Lipinski definition) is 4. The van der Waals surface area contributed by atoms with Crippen LogP contribution in [-0.2, 0) is 6.42 Å². The van der Waals surface area contributed by atoms with Crippen molar-refractivity contribution < 1.29 is 9.21 Å². The van der Waals surface area contributed by atoms with Crippen LogP contribution in [0, 0.1) is 0 Å². The Kier molecular flexibility index (Phi) is 5.01. The number of pyridine rings is 1. The van der Waals surface area contributed by atoms with Crippen LogP contribution in [0.1, 0.15) is 52.7 Å². The average molecular weight is 397 g/mol. The Morgan fingerprint density at radius 1 is 1.07 bits per heavy atom. The molecule has 3 heterocycles. The molecule has 1 saturated heterocycles. The van der Waals surface area contributed by atoms with Crippen LogP contribution in [0.3, 0.4) is 0 Å². The minimum Gasteiger partial charge on any atom is -0.440 e. The lowest BCUT2D eigenvalue weighted by Crippen LogP contribution is -2.38. The molecule has 2 aromatic carbocycles. The van der Waals surface area contributed by atoms with Gasteiger partial charge in [-0.2, -0.15) is 0 Å². The lowest BCUT2D eigenvalue weighted by atomic mass is 9.95. The van der Waals surface area contributed by atoms with Crippen LogP contribution in [-0.4, -0.2) is 27.3 Å². The Morgan fingerprint density at radius 2 is 1.97 bits per heavy atom. The van der Waals surface area contributed by atoms with Gasteiger partial charge in [-0.15, -0.1) is 0 Å². The number of oxazole rings is 1. The van der Waals surface area contributed by atoms with Crippen molar-refractivity contribution in [3.63, 3.8) is 0 Å². The van der Waals surface area contributed by atoms with Crippen LogP contribution in [0.2, 0.25) is 0 Å². The summed E-state index contributed by atoms with van der Waals surface area (Å²) in [6, 6.07) is 19.7. The summed E-state index contributed by atoms with van der Waals surface area (Å²) in [6.45, 7) is 0.758. The molecular weight excluding hydrogens is 374 g/mol. The third-order valence-corrected chi connectivity index (χ3v) is 5.71. The number of carbonyl (C=O) groups excluding carboxylic acids is 1. The molecule has 5 rings (SSSR count). The topological polar surface area (TPSA) is 59.2 Å². The van der Waals surface area contributed by atoms with Crippen LogP contribution in [0.4, 0.5) is 0 Å². The largest absolute Gasteiger partial charge is 0.440 e. The van der Waals surface area contributed by atoms with Gasteiger partial charge in [-0.3, -0.25) is 9.78 Å². The molecule has 0 radical (unpaired) electrons. The number of hydrogen-bond donors (Lipinski definition) is 0. The molecule has 2 aromatic heterocycles. The van der Waals surface area contributed by atoms with Gasteiger partial charge < -0.3 is 9.32 Å². The zero-order chi connectivity index (χ0) is 20.3. The predicted octanol–water partition coefficient (Wildman–Crippen LogP) is 5.18. The van der Waals surface area contributed by atoms with E-state index in [1.807, 2.05) is 53.6 Å². The summed E-state index contributed by atoms with van der Waals surface area (Å²) in [6.07, 6.45) is 7.38. The first-order valence-corrected chi connectivity index (χ1v) is 10.4. The van der Waals surface area contributed by atoms with Crippen LogP contribution in [0.5, 0.6) is 0 Å². The molecule has 1 amide bonds. The van der Waals surface area contributed by atoms with E-state index in [9.17, 15) is 4.79 Å². The quantitative estimate of drug-likeness (QED) is 0.476. The van der Waals surface area contributed by atoms with Gasteiger partial charge in [0.05, 0.1) is 6.04 Å². The zero-order valence-electron chi connectivity index (χ0n) is 16.7. The third-order valence-electron chi connectivity index (χ3n) is 5.71. The van der Waals surface area contributed by atoms with Gasteiger partial charge in [0.2, 0.25) is 0 Å². The summed E-state index contributed by atoms with van der Waals surface area (Å²) in [5, 5.41) is 0. The second kappa shape index (κ2) is 8.11. The lowest BCUT2D eigenvalue weighted by molar-refractivity contribution is 0.0611. The number of piperidine rings is 1. The highest BCUT2D eigenvalue weighted by molar-refractivity contribution is 5.97. The van der Waals surface area contributed by atoms with Crippen molar-refractivity contribution in [2.24, 2.45) is 0 Å². The van der Waals surface area contributed by atoms with Gasteiger partial charge in [-0.1, -0.05) is 36.4 Å². The molecule has 30 heavy (non-hydrogen) atoms. The highest BCUT2D eigenvalue weighted by atomic mass is 16.3. The third kappa shape index (κ3) is 3.71. The second-order valence-corrected chi connectivity index (χ2v) is 7.75. The summed E-state index contributed by atoms with van der Waals surface area (Å²) in [4.78, 5) is 24.2. The fourth-order valence-corrected chi connectivity index (χ4v) is 4.21.